The molecule has 0 unspecified atom stereocenters. The van der Waals surface area contributed by atoms with E-state index in [4.69, 9.17) is 4.52 Å². The van der Waals surface area contributed by atoms with E-state index in [1.807, 2.05) is 35.7 Å². The molecule has 2 rings (SSSR count). The molecule has 2 heterocycles. The van der Waals surface area contributed by atoms with Crippen LogP contribution in [0.5, 0.6) is 0 Å². The Bertz CT molecular complexity index is 448. The molecule has 0 atom stereocenters. The first kappa shape index (κ1) is 9.63. The first-order valence-electron chi connectivity index (χ1n) is 4.23. The van der Waals surface area contributed by atoms with E-state index in [0.717, 1.165) is 17.8 Å². The van der Waals surface area contributed by atoms with Crippen LogP contribution in [-0.2, 0) is 13.5 Å². The lowest BCUT2D eigenvalue weighted by Gasteiger charge is -1.92. The molecule has 0 saturated carbocycles. The van der Waals surface area contributed by atoms with Crippen LogP contribution in [0.15, 0.2) is 10.6 Å². The van der Waals surface area contributed by atoms with Crippen LogP contribution in [0.3, 0.4) is 0 Å². The van der Waals surface area contributed by atoms with E-state index in [1.54, 1.807) is 4.68 Å². The summed E-state index contributed by atoms with van der Waals surface area (Å²) in [5.41, 5.74) is 1.88. The molecule has 0 bridgehead atoms. The standard InChI is InChI=1S/C8H9IN4O/c1-3-5-4-6(13(2)11-5)7-10-8(9)12-14-7/h4H,3H2,1-2H3. The van der Waals surface area contributed by atoms with Crippen molar-refractivity contribution in [2.75, 3.05) is 0 Å². The zero-order valence-corrected chi connectivity index (χ0v) is 10.0. The molecule has 14 heavy (non-hydrogen) atoms. The fourth-order valence-electron chi connectivity index (χ4n) is 1.21. The van der Waals surface area contributed by atoms with Gasteiger partial charge in [-0.1, -0.05) is 12.1 Å². The van der Waals surface area contributed by atoms with Crippen molar-refractivity contribution < 1.29 is 4.52 Å². The van der Waals surface area contributed by atoms with Crippen molar-refractivity contribution >= 4 is 22.6 Å². The summed E-state index contributed by atoms with van der Waals surface area (Å²) in [6.45, 7) is 2.06. The van der Waals surface area contributed by atoms with E-state index in [9.17, 15) is 0 Å². The number of halogens is 1. The third-order valence-electron chi connectivity index (χ3n) is 1.91. The van der Waals surface area contributed by atoms with Crippen molar-refractivity contribution in [2.24, 2.45) is 7.05 Å². The summed E-state index contributed by atoms with van der Waals surface area (Å²) >= 11 is 2.01. The van der Waals surface area contributed by atoms with Gasteiger partial charge in [0.15, 0.2) is 0 Å². The van der Waals surface area contributed by atoms with Crippen molar-refractivity contribution in [1.29, 1.82) is 0 Å². The molecule has 2 aromatic heterocycles. The van der Waals surface area contributed by atoms with Gasteiger partial charge in [-0.3, -0.25) is 4.68 Å². The number of hydrogen-bond donors (Lipinski definition) is 0. The molecule has 0 radical (unpaired) electrons. The summed E-state index contributed by atoms with van der Waals surface area (Å²) in [5, 5.41) is 8.03. The molecule has 0 amide bonds. The molecule has 0 saturated heterocycles. The van der Waals surface area contributed by atoms with E-state index >= 15 is 0 Å². The van der Waals surface area contributed by atoms with Gasteiger partial charge in [-0.2, -0.15) is 10.1 Å². The van der Waals surface area contributed by atoms with Gasteiger partial charge in [0.05, 0.1) is 5.69 Å². The average molecular weight is 304 g/mol. The van der Waals surface area contributed by atoms with Gasteiger partial charge >= 0.3 is 0 Å². The quantitative estimate of drug-likeness (QED) is 0.791. The zero-order chi connectivity index (χ0) is 10.1. The first-order chi connectivity index (χ1) is 6.70. The van der Waals surface area contributed by atoms with Crippen LogP contribution in [0, 0.1) is 3.83 Å². The van der Waals surface area contributed by atoms with E-state index in [1.165, 1.54) is 0 Å². The predicted octanol–water partition coefficient (Wildman–Crippen LogP) is 1.64. The summed E-state index contributed by atoms with van der Waals surface area (Å²) in [6.07, 6.45) is 0.902. The van der Waals surface area contributed by atoms with Gasteiger partial charge in [0.2, 0.25) is 3.83 Å². The minimum atomic E-state index is 0.518. The number of hydrogen-bond acceptors (Lipinski definition) is 4. The van der Waals surface area contributed by atoms with E-state index < -0.39 is 0 Å². The SMILES string of the molecule is CCc1cc(-c2nc(I)no2)n(C)n1. The van der Waals surface area contributed by atoms with Crippen LogP contribution in [0.1, 0.15) is 12.6 Å². The number of rotatable bonds is 2. The molecular weight excluding hydrogens is 295 g/mol. The van der Waals surface area contributed by atoms with Crippen LogP contribution in [-0.4, -0.2) is 19.9 Å². The maximum atomic E-state index is 5.06. The smallest absolute Gasteiger partial charge is 0.276 e. The molecule has 5 nitrogen and oxygen atoms in total. The molecule has 0 aromatic carbocycles. The largest absolute Gasteiger partial charge is 0.331 e. The first-order valence-corrected chi connectivity index (χ1v) is 5.31. The van der Waals surface area contributed by atoms with Crippen molar-refractivity contribution in [3.8, 4) is 11.6 Å². The fraction of sp³-hybridized carbons (Fsp3) is 0.375. The summed E-state index contributed by atoms with van der Waals surface area (Å²) < 4.78 is 7.42. The Morgan fingerprint density at radius 1 is 1.57 bits per heavy atom. The van der Waals surface area contributed by atoms with Gasteiger partial charge in [0.1, 0.15) is 5.69 Å². The molecular formula is C8H9IN4O. The Morgan fingerprint density at radius 3 is 2.86 bits per heavy atom. The highest BCUT2D eigenvalue weighted by Crippen LogP contribution is 2.18. The van der Waals surface area contributed by atoms with E-state index in [-0.39, 0.29) is 0 Å². The van der Waals surface area contributed by atoms with Crippen LogP contribution in [0.2, 0.25) is 0 Å². The zero-order valence-electron chi connectivity index (χ0n) is 7.86. The minimum Gasteiger partial charge on any atom is -0.331 e. The molecule has 2 aromatic rings. The highest BCUT2D eigenvalue weighted by Gasteiger charge is 2.12. The predicted molar refractivity (Wildman–Crippen MR) is 58.6 cm³/mol. The molecule has 0 spiro atoms. The Labute approximate surface area is 94.6 Å². The summed E-state index contributed by atoms with van der Waals surface area (Å²) in [6, 6.07) is 1.96. The summed E-state index contributed by atoms with van der Waals surface area (Å²) in [5.74, 6) is 0.518. The summed E-state index contributed by atoms with van der Waals surface area (Å²) in [7, 11) is 1.87. The van der Waals surface area contributed by atoms with Gasteiger partial charge in [-0.15, -0.1) is 0 Å². The Kier molecular flexibility index (Phi) is 2.53. The van der Waals surface area contributed by atoms with Crippen molar-refractivity contribution in [3.05, 3.63) is 15.6 Å². The molecule has 0 fully saturated rings. The lowest BCUT2D eigenvalue weighted by Crippen LogP contribution is -1.94. The Balaban J connectivity index is 2.45. The maximum Gasteiger partial charge on any atom is 0.276 e. The van der Waals surface area contributed by atoms with Gasteiger partial charge in [-0.05, 0) is 12.5 Å². The van der Waals surface area contributed by atoms with Crippen LogP contribution in [0.4, 0.5) is 0 Å². The lowest BCUT2D eigenvalue weighted by atomic mass is 10.3. The van der Waals surface area contributed by atoms with Gasteiger partial charge in [0.25, 0.3) is 5.89 Å². The molecule has 0 aliphatic carbocycles. The van der Waals surface area contributed by atoms with Crippen molar-refractivity contribution in [2.45, 2.75) is 13.3 Å². The molecule has 0 aliphatic rings. The van der Waals surface area contributed by atoms with Gasteiger partial charge < -0.3 is 4.52 Å². The monoisotopic (exact) mass is 304 g/mol. The Morgan fingerprint density at radius 2 is 2.36 bits per heavy atom. The minimum absolute atomic E-state index is 0.518. The lowest BCUT2D eigenvalue weighted by molar-refractivity contribution is 0.422. The molecule has 74 valence electrons. The molecule has 0 aliphatic heterocycles. The second kappa shape index (κ2) is 3.68. The number of nitrogens with zero attached hydrogens (tertiary/aromatic N) is 4. The maximum absolute atomic E-state index is 5.06. The van der Waals surface area contributed by atoms with Crippen molar-refractivity contribution in [1.82, 2.24) is 19.9 Å². The average Bonchev–Trinajstić information content (AvgIpc) is 2.71. The third kappa shape index (κ3) is 1.66. The molecule has 6 heteroatoms. The Hall–Kier alpha value is -0.920. The highest BCUT2D eigenvalue weighted by molar-refractivity contribution is 14.1. The van der Waals surface area contributed by atoms with E-state index in [2.05, 4.69) is 22.2 Å². The second-order valence-corrected chi connectivity index (χ2v) is 3.83. The second-order valence-electron chi connectivity index (χ2n) is 2.87. The normalized spacial score (nSPS) is 10.8. The number of aryl methyl sites for hydroxylation is 2. The van der Waals surface area contributed by atoms with Crippen LogP contribution >= 0.6 is 22.6 Å². The van der Waals surface area contributed by atoms with Crippen molar-refractivity contribution in [3.63, 3.8) is 0 Å². The number of aromatic nitrogens is 4. The van der Waals surface area contributed by atoms with Gasteiger partial charge in [0, 0.05) is 29.6 Å². The topological polar surface area (TPSA) is 56.7 Å². The van der Waals surface area contributed by atoms with Crippen LogP contribution < -0.4 is 0 Å². The van der Waals surface area contributed by atoms with Gasteiger partial charge in [-0.25, -0.2) is 0 Å². The fourth-order valence-corrected chi connectivity index (χ4v) is 1.53. The highest BCUT2D eigenvalue weighted by atomic mass is 127. The molecule has 0 N–H and O–H groups in total. The van der Waals surface area contributed by atoms with E-state index in [0.29, 0.717) is 9.72 Å². The summed E-state index contributed by atoms with van der Waals surface area (Å²) in [4.78, 5) is 4.14. The van der Waals surface area contributed by atoms with Crippen LogP contribution in [0.25, 0.3) is 11.6 Å². The third-order valence-corrected chi connectivity index (χ3v) is 2.35.